The van der Waals surface area contributed by atoms with E-state index in [4.69, 9.17) is 20.9 Å². The summed E-state index contributed by atoms with van der Waals surface area (Å²) in [5, 5.41) is 5.47. The third kappa shape index (κ3) is 13.6. The first-order chi connectivity index (χ1) is 14.4. The van der Waals surface area contributed by atoms with Crippen molar-refractivity contribution in [3.63, 3.8) is 0 Å². The van der Waals surface area contributed by atoms with Gasteiger partial charge in [-0.05, 0) is 31.6 Å². The monoisotopic (exact) mass is 500 g/mol. The number of rotatable bonds is 14. The Hall–Kier alpha value is -0.960. The highest BCUT2D eigenvalue weighted by Crippen LogP contribution is 2.32. The van der Waals surface area contributed by atoms with Gasteiger partial charge in [-0.2, -0.15) is 0 Å². The molecule has 1 unspecified atom stereocenters. The van der Waals surface area contributed by atoms with Crippen molar-refractivity contribution in [2.45, 2.75) is 96.1 Å². The second-order valence-electron chi connectivity index (χ2n) is 8.49. The first-order valence-electron chi connectivity index (χ1n) is 11.8. The topological polar surface area (TPSA) is 129 Å². The van der Waals surface area contributed by atoms with E-state index in [0.29, 0.717) is 31.8 Å². The molecule has 1 fully saturated rings. The molecule has 1 aliphatic carbocycles. The largest absolute Gasteiger partial charge is 0.449 e. The summed E-state index contributed by atoms with van der Waals surface area (Å²) < 4.78 is 10.6. The molecule has 0 saturated heterocycles. The number of unbranched alkanes of at least 4 members (excludes halogenated alkanes) is 2. The zero-order valence-corrected chi connectivity index (χ0v) is 21.5. The number of alkyl carbamates (subject to hydrolysis) is 2. The molecule has 0 radical (unpaired) electrons. The van der Waals surface area contributed by atoms with Crippen LogP contribution in [0.2, 0.25) is 0 Å². The SMILES string of the molecule is CCCCNC(=O)OCCC(N)(CCOC(=O)NCCCC)C(N)C1CCCCC1.Cl.Cl. The van der Waals surface area contributed by atoms with Crippen molar-refractivity contribution in [1.29, 1.82) is 0 Å². The standard InChI is InChI=1S/C22H44N4O4.2ClH/c1-3-5-14-25-20(27)29-16-12-22(24,19(23)18-10-8-7-9-11-18)13-17-30-21(28)26-15-6-4-2;;/h18-19H,3-17,23-24H2,1-2H3,(H,25,27)(H,26,28);2*1H. The maximum Gasteiger partial charge on any atom is 0.407 e. The molecule has 0 aromatic heterocycles. The van der Waals surface area contributed by atoms with Crippen LogP contribution in [0.5, 0.6) is 0 Å². The van der Waals surface area contributed by atoms with Gasteiger partial charge >= 0.3 is 12.2 Å². The Morgan fingerprint density at radius 2 is 1.34 bits per heavy atom. The van der Waals surface area contributed by atoms with Gasteiger partial charge in [-0.15, -0.1) is 24.8 Å². The fraction of sp³-hybridized carbons (Fsp3) is 0.909. The van der Waals surface area contributed by atoms with Crippen LogP contribution in [0, 0.1) is 5.92 Å². The van der Waals surface area contributed by atoms with Crippen molar-refractivity contribution in [2.24, 2.45) is 17.4 Å². The van der Waals surface area contributed by atoms with Crippen LogP contribution in [-0.2, 0) is 9.47 Å². The number of carbonyl (C=O) groups excluding carboxylic acids is 2. The van der Waals surface area contributed by atoms with Crippen LogP contribution >= 0.6 is 24.8 Å². The van der Waals surface area contributed by atoms with E-state index in [9.17, 15) is 9.59 Å². The second-order valence-corrected chi connectivity index (χ2v) is 8.49. The lowest BCUT2D eigenvalue weighted by Crippen LogP contribution is -2.60. The van der Waals surface area contributed by atoms with E-state index in [1.807, 2.05) is 0 Å². The van der Waals surface area contributed by atoms with Crippen LogP contribution in [0.15, 0.2) is 0 Å². The molecule has 0 heterocycles. The zero-order chi connectivity index (χ0) is 22.2. The lowest BCUT2D eigenvalue weighted by Gasteiger charge is -2.41. The first kappa shape index (κ1) is 33.2. The maximum atomic E-state index is 11.8. The van der Waals surface area contributed by atoms with Crippen molar-refractivity contribution in [1.82, 2.24) is 10.6 Å². The molecule has 1 rings (SSSR count). The Bertz CT molecular complexity index is 467. The molecule has 10 heteroatoms. The van der Waals surface area contributed by atoms with Crippen molar-refractivity contribution in [3.05, 3.63) is 0 Å². The number of hydrogen-bond donors (Lipinski definition) is 4. The lowest BCUT2D eigenvalue weighted by atomic mass is 9.73. The van der Waals surface area contributed by atoms with Crippen LogP contribution in [0.4, 0.5) is 9.59 Å². The summed E-state index contributed by atoms with van der Waals surface area (Å²) >= 11 is 0. The number of nitrogens with one attached hydrogen (secondary N) is 2. The fourth-order valence-electron chi connectivity index (χ4n) is 3.93. The Labute approximate surface area is 206 Å². The third-order valence-corrected chi connectivity index (χ3v) is 6.02. The number of amides is 2. The molecular formula is C22H46Cl2N4O4. The van der Waals surface area contributed by atoms with Gasteiger partial charge in [0.1, 0.15) is 0 Å². The van der Waals surface area contributed by atoms with Crippen LogP contribution < -0.4 is 22.1 Å². The summed E-state index contributed by atoms with van der Waals surface area (Å²) in [4.78, 5) is 23.6. The van der Waals surface area contributed by atoms with Gasteiger partial charge in [-0.25, -0.2) is 9.59 Å². The molecule has 32 heavy (non-hydrogen) atoms. The van der Waals surface area contributed by atoms with Gasteiger partial charge in [0.2, 0.25) is 0 Å². The number of halogens is 2. The van der Waals surface area contributed by atoms with E-state index in [0.717, 1.165) is 38.5 Å². The Balaban J connectivity index is 0. The van der Waals surface area contributed by atoms with Crippen molar-refractivity contribution < 1.29 is 19.1 Å². The van der Waals surface area contributed by atoms with Gasteiger partial charge in [0, 0.05) is 37.5 Å². The van der Waals surface area contributed by atoms with E-state index < -0.39 is 17.7 Å². The minimum Gasteiger partial charge on any atom is -0.449 e. The van der Waals surface area contributed by atoms with Gasteiger partial charge in [-0.3, -0.25) is 0 Å². The fourth-order valence-corrected chi connectivity index (χ4v) is 3.93. The van der Waals surface area contributed by atoms with Crippen LogP contribution in [0.25, 0.3) is 0 Å². The van der Waals surface area contributed by atoms with E-state index in [1.54, 1.807) is 0 Å². The molecule has 1 aliphatic rings. The average Bonchev–Trinajstić information content (AvgIpc) is 2.74. The molecule has 0 aromatic carbocycles. The molecule has 1 atom stereocenters. The zero-order valence-electron chi connectivity index (χ0n) is 19.9. The molecule has 2 amide bonds. The van der Waals surface area contributed by atoms with Crippen LogP contribution in [0.1, 0.15) is 84.5 Å². The maximum absolute atomic E-state index is 11.8. The number of hydrogen-bond acceptors (Lipinski definition) is 6. The molecule has 192 valence electrons. The smallest absolute Gasteiger partial charge is 0.407 e. The number of nitrogens with two attached hydrogens (primary N) is 2. The average molecular weight is 502 g/mol. The van der Waals surface area contributed by atoms with E-state index >= 15 is 0 Å². The second kappa shape index (κ2) is 19.5. The normalized spacial score (nSPS) is 15.0. The van der Waals surface area contributed by atoms with Gasteiger partial charge in [0.15, 0.2) is 0 Å². The minimum absolute atomic E-state index is 0. The Morgan fingerprint density at radius 3 is 1.75 bits per heavy atom. The molecule has 0 aliphatic heterocycles. The Kier molecular flexibility index (Phi) is 20.2. The van der Waals surface area contributed by atoms with Crippen molar-refractivity contribution in [2.75, 3.05) is 26.3 Å². The van der Waals surface area contributed by atoms with Crippen LogP contribution in [-0.4, -0.2) is 50.1 Å². The summed E-state index contributed by atoms with van der Waals surface area (Å²) in [5.41, 5.74) is 12.6. The molecule has 1 saturated carbocycles. The summed E-state index contributed by atoms with van der Waals surface area (Å²) in [6.07, 6.45) is 9.58. The van der Waals surface area contributed by atoms with Gasteiger partial charge < -0.3 is 31.6 Å². The lowest BCUT2D eigenvalue weighted by molar-refractivity contribution is 0.0984. The third-order valence-electron chi connectivity index (χ3n) is 6.02. The predicted molar refractivity (Wildman–Crippen MR) is 134 cm³/mol. The highest BCUT2D eigenvalue weighted by atomic mass is 35.5. The molecule has 0 bridgehead atoms. The van der Waals surface area contributed by atoms with Gasteiger partial charge in [0.25, 0.3) is 0 Å². The summed E-state index contributed by atoms with van der Waals surface area (Å²) in [6.45, 7) is 5.72. The highest BCUT2D eigenvalue weighted by molar-refractivity contribution is 5.85. The minimum atomic E-state index is -0.755. The molecule has 0 aromatic rings. The van der Waals surface area contributed by atoms with Crippen LogP contribution in [0.3, 0.4) is 0 Å². The summed E-state index contributed by atoms with van der Waals surface area (Å²) in [7, 11) is 0. The predicted octanol–water partition coefficient (Wildman–Crippen LogP) is 4.27. The Morgan fingerprint density at radius 1 is 0.906 bits per heavy atom. The quantitative estimate of drug-likeness (QED) is 0.263. The molecular weight excluding hydrogens is 455 g/mol. The molecule has 6 N–H and O–H groups in total. The van der Waals surface area contributed by atoms with E-state index in [2.05, 4.69) is 24.5 Å². The summed E-state index contributed by atoms with van der Waals surface area (Å²) in [5.74, 6) is 0.348. The highest BCUT2D eigenvalue weighted by Gasteiger charge is 2.38. The number of carbonyl (C=O) groups is 2. The number of ether oxygens (including phenoxy) is 2. The van der Waals surface area contributed by atoms with E-state index in [-0.39, 0.29) is 44.1 Å². The molecule has 8 nitrogen and oxygen atoms in total. The van der Waals surface area contributed by atoms with E-state index in [1.165, 1.54) is 19.3 Å². The molecule has 0 spiro atoms. The first-order valence-corrected chi connectivity index (χ1v) is 11.8. The van der Waals surface area contributed by atoms with Gasteiger partial charge in [0.05, 0.1) is 13.2 Å². The summed E-state index contributed by atoms with van der Waals surface area (Å²) in [6, 6.07) is -0.226. The van der Waals surface area contributed by atoms with Crippen molar-refractivity contribution in [3.8, 4) is 0 Å². The van der Waals surface area contributed by atoms with Crippen molar-refractivity contribution >= 4 is 37.0 Å². The van der Waals surface area contributed by atoms with Gasteiger partial charge in [-0.1, -0.05) is 46.0 Å².